The molecule has 6 aromatic heterocycles. The summed E-state index contributed by atoms with van der Waals surface area (Å²) >= 11 is 0. The highest BCUT2D eigenvalue weighted by molar-refractivity contribution is 7.65. The first kappa shape index (κ1) is 55.6. The van der Waals surface area contributed by atoms with Crippen molar-refractivity contribution >= 4 is 82.5 Å². The summed E-state index contributed by atoms with van der Waals surface area (Å²) in [5.41, 5.74) is 9.49. The Morgan fingerprint density at radius 1 is 0.711 bits per heavy atom. The highest BCUT2D eigenvalue weighted by atomic mass is 31.3. The molecule has 0 radical (unpaired) electrons. The van der Waals surface area contributed by atoms with Crippen LogP contribution in [0.3, 0.4) is 0 Å². The molecule has 0 amide bonds. The topological polar surface area (TPSA) is 560 Å². The summed E-state index contributed by atoms with van der Waals surface area (Å²) in [7, 11) is -20.8. The van der Waals surface area contributed by atoms with E-state index in [9.17, 15) is 67.8 Å². The number of phosphoric ester groups is 3. The average Bonchev–Trinajstić information content (AvgIpc) is 4.19. The minimum atomic E-state index is -6.59. The van der Waals surface area contributed by atoms with Crippen LogP contribution in [0.5, 0.6) is 0 Å². The monoisotopic (exact) mass is 1160 g/mol. The summed E-state index contributed by atoms with van der Waals surface area (Å²) in [6.45, 7) is -3.71. The number of nitrogens with zero attached hydrogens (tertiary/aromatic N) is 10. The fraction of sp³-hybridized carbons (Fsp3) is 0.545. The van der Waals surface area contributed by atoms with E-state index < -0.39 is 136 Å². The number of aliphatic hydroxyl groups is 4. The number of imidazole rings is 3. The number of hydrogen-bond donors (Lipinski definition) is 9. The van der Waals surface area contributed by atoms with Crippen molar-refractivity contribution in [2.75, 3.05) is 50.8 Å². The number of methoxy groups -OCH3 is 1. The van der Waals surface area contributed by atoms with Crippen LogP contribution in [-0.2, 0) is 71.0 Å². The van der Waals surface area contributed by atoms with Crippen molar-refractivity contribution < 1.29 is 108 Å². The van der Waals surface area contributed by atoms with Gasteiger partial charge >= 0.3 is 5.65 Å². The Hall–Kier alpha value is -5.15. The molecular weight excluding hydrogens is 1110 g/mol. The molecule has 3 aliphatic rings. The van der Waals surface area contributed by atoms with E-state index in [2.05, 4.69) is 58.3 Å². The van der Waals surface area contributed by atoms with Gasteiger partial charge in [0.15, 0.2) is 41.4 Å². The standard InChI is InChI=1S/C33H45N15O24P4/c1-36-23-14-24(38-7-37-23)46(8-39-14)31-22(63-3)21(70-73(55,56)64-4-11-17(49)19(51)29(67-11)47-9-40-15-25(47)41-32(34)43-27(15)53)13(69-31)6-66-75(59,60)72-76(61,62)71-74(57,58)65-5-12-18(50)20(52)30(68-12)48-10-45(2)16-26(48)42-33(35)44-28(16)54/h7-13,17-22,29-31,49-52H,4-6H2,1-3H3,(H10-,34,35,36,37,38,41,42,43,44,53,54,55,56,57,58,59,60,61,62)/p-3/t11-,12+,13-,17+,18?,19?,20-,21+,22?,29-,30+,31-/m1/s1. The number of nitrogens with one attached hydrogen (secondary N) is 3. The van der Waals surface area contributed by atoms with Gasteiger partial charge in [-0.05, 0) is 0 Å². The molecule has 9 heterocycles. The highest BCUT2D eigenvalue weighted by Crippen LogP contribution is 2.63. The van der Waals surface area contributed by atoms with E-state index in [1.54, 1.807) is 0 Å². The van der Waals surface area contributed by atoms with Crippen LogP contribution in [0, 0.1) is 0 Å². The van der Waals surface area contributed by atoms with Crippen LogP contribution in [0.25, 0.3) is 33.5 Å². The number of hydrogen-bond acceptors (Lipinski definition) is 33. The number of fused-ring (bicyclic) bond motifs is 3. The predicted octanol–water partition coefficient (Wildman–Crippen LogP) is -6.78. The largest absolute Gasteiger partial charge is 0.756 e. The number of anilines is 3. The Morgan fingerprint density at radius 3 is 1.93 bits per heavy atom. The third kappa shape index (κ3) is 11.0. The zero-order valence-electron chi connectivity index (χ0n) is 38.7. The summed E-state index contributed by atoms with van der Waals surface area (Å²) in [5.74, 6) is -0.439. The summed E-state index contributed by atoms with van der Waals surface area (Å²) in [6, 6.07) is 0. The molecular formula is C33H42N15O24P4-3. The molecule has 0 spiro atoms. The van der Waals surface area contributed by atoms with Crippen LogP contribution in [0.4, 0.5) is 17.7 Å². The van der Waals surface area contributed by atoms with E-state index in [0.717, 1.165) is 35.2 Å². The molecule has 39 nitrogen and oxygen atoms in total. The third-order valence-corrected chi connectivity index (χ3v) is 16.8. The van der Waals surface area contributed by atoms with Crippen molar-refractivity contribution in [2.24, 2.45) is 7.05 Å². The SMILES string of the molecule is CNc1ncnc2c1ncn2[C@@H]1O[C@H](COP(=O)([O-])OP(=O)([O-])OP(=O)([O-])OC[C@@H]2O[C@H]([n+]3cn(C)c4c(=O)[nH]c(N)nc43)[C@H](O)C2O)[C@H](OP(=O)([O-])OC[C@H]2O[C@@H](n3cnc4c(=O)[nH]c(N)nc43)C(O)[C@H]2O)C1OC. The lowest BCUT2D eigenvalue weighted by Crippen LogP contribution is -2.46. The number of phosphoric acid groups is 4. The van der Waals surface area contributed by atoms with Crippen LogP contribution in [0.2, 0.25) is 0 Å². The maximum absolute atomic E-state index is 13.6. The third-order valence-electron chi connectivity index (χ3n) is 11.7. The van der Waals surface area contributed by atoms with Gasteiger partial charge in [-0.15, -0.1) is 0 Å². The molecule has 0 bridgehead atoms. The molecule has 7 unspecified atom stereocenters. The normalized spacial score (nSPS) is 30.2. The maximum atomic E-state index is 13.6. The fourth-order valence-corrected chi connectivity index (χ4v) is 12.8. The molecule has 11 N–H and O–H groups in total. The quantitative estimate of drug-likeness (QED) is 0.0253. The van der Waals surface area contributed by atoms with Gasteiger partial charge in [-0.25, -0.2) is 33.1 Å². The molecule has 0 saturated carbocycles. The summed E-state index contributed by atoms with van der Waals surface area (Å²) in [6.07, 6.45) is -16.4. The zero-order valence-corrected chi connectivity index (χ0v) is 42.3. The van der Waals surface area contributed by atoms with Crippen LogP contribution < -0.4 is 52.0 Å². The molecule has 43 heteroatoms. The minimum absolute atomic E-state index is 0.0443. The second-order valence-corrected chi connectivity index (χ2v) is 22.5. The molecule has 0 aliphatic carbocycles. The van der Waals surface area contributed by atoms with E-state index in [4.69, 9.17) is 44.0 Å². The molecule has 76 heavy (non-hydrogen) atoms. The van der Waals surface area contributed by atoms with E-state index in [-0.39, 0.29) is 51.2 Å². The molecule has 0 aromatic carbocycles. The lowest BCUT2D eigenvalue weighted by Gasteiger charge is -2.35. The molecule has 3 saturated heterocycles. The van der Waals surface area contributed by atoms with E-state index in [1.807, 2.05) is 0 Å². The van der Waals surface area contributed by atoms with Crippen molar-refractivity contribution in [1.82, 2.24) is 53.6 Å². The van der Waals surface area contributed by atoms with Crippen molar-refractivity contribution in [3.8, 4) is 0 Å². The minimum Gasteiger partial charge on any atom is -0.756 e. The van der Waals surface area contributed by atoms with Gasteiger partial charge in [-0.1, -0.05) is 4.98 Å². The molecule has 16 atom stereocenters. The van der Waals surface area contributed by atoms with Crippen LogP contribution in [-0.4, -0.2) is 163 Å². The van der Waals surface area contributed by atoms with E-state index >= 15 is 0 Å². The summed E-state index contributed by atoms with van der Waals surface area (Å²) in [4.78, 5) is 106. The van der Waals surface area contributed by atoms with Crippen LogP contribution in [0.15, 0.2) is 34.9 Å². The average molecular weight is 1160 g/mol. The number of rotatable bonds is 20. The first-order valence-electron chi connectivity index (χ1n) is 21.5. The van der Waals surface area contributed by atoms with Gasteiger partial charge in [-0.2, -0.15) is 4.98 Å². The van der Waals surface area contributed by atoms with Gasteiger partial charge in [-0.3, -0.25) is 51.5 Å². The molecule has 416 valence electrons. The Bertz CT molecular complexity index is 3490. The molecule has 9 rings (SSSR count). The first-order chi connectivity index (χ1) is 35.7. The highest BCUT2D eigenvalue weighted by Gasteiger charge is 2.51. The molecule has 3 fully saturated rings. The van der Waals surface area contributed by atoms with Gasteiger partial charge in [0.1, 0.15) is 66.8 Å². The van der Waals surface area contributed by atoms with Crippen molar-refractivity contribution in [2.45, 2.75) is 73.6 Å². The van der Waals surface area contributed by atoms with Crippen molar-refractivity contribution in [3.63, 3.8) is 0 Å². The molecule has 6 aromatic rings. The number of aryl methyl sites for hydroxylation is 1. The number of nitrogens with two attached hydrogens (primary N) is 2. The summed E-state index contributed by atoms with van der Waals surface area (Å²) < 4.78 is 107. The Balaban J connectivity index is 0.868. The number of aromatic nitrogens is 12. The lowest BCUT2D eigenvalue weighted by molar-refractivity contribution is -0.745. The van der Waals surface area contributed by atoms with Gasteiger partial charge < -0.3 is 93.8 Å². The maximum Gasteiger partial charge on any atom is 0.313 e. The predicted molar refractivity (Wildman–Crippen MR) is 235 cm³/mol. The number of ether oxygens (including phenoxy) is 4. The zero-order chi connectivity index (χ0) is 55.0. The Labute approximate surface area is 421 Å². The van der Waals surface area contributed by atoms with Crippen LogP contribution in [0.1, 0.15) is 18.7 Å². The van der Waals surface area contributed by atoms with Crippen molar-refractivity contribution in [1.29, 1.82) is 0 Å². The number of nitrogen functional groups attached to an aromatic ring is 2. The number of aromatic amines is 2. The number of H-pyrrole nitrogens is 2. The Morgan fingerprint density at radius 2 is 1.28 bits per heavy atom. The molecule has 3 aliphatic heterocycles. The number of aliphatic hydroxyl groups excluding tert-OH is 4. The van der Waals surface area contributed by atoms with Gasteiger partial charge in [0.25, 0.3) is 48.4 Å². The van der Waals surface area contributed by atoms with Crippen LogP contribution >= 0.6 is 31.3 Å². The smallest absolute Gasteiger partial charge is 0.313 e. The fourth-order valence-electron chi connectivity index (χ4n) is 8.42. The van der Waals surface area contributed by atoms with E-state index in [1.165, 1.54) is 29.6 Å². The lowest BCUT2D eigenvalue weighted by atomic mass is 10.1. The van der Waals surface area contributed by atoms with Gasteiger partial charge in [0, 0.05) is 14.2 Å². The second kappa shape index (κ2) is 20.9. The second-order valence-electron chi connectivity index (χ2n) is 16.6. The Kier molecular flexibility index (Phi) is 15.3. The van der Waals surface area contributed by atoms with Gasteiger partial charge in [0.2, 0.25) is 17.7 Å². The van der Waals surface area contributed by atoms with Gasteiger partial charge in [0.05, 0.1) is 39.5 Å². The summed E-state index contributed by atoms with van der Waals surface area (Å²) in [5, 5.41) is 45.9. The first-order valence-corrected chi connectivity index (χ1v) is 27.4. The van der Waals surface area contributed by atoms with Crippen molar-refractivity contribution in [3.05, 3.63) is 46.0 Å². The van der Waals surface area contributed by atoms with E-state index in [0.29, 0.717) is 0 Å².